The molecule has 0 saturated carbocycles. The predicted molar refractivity (Wildman–Crippen MR) is 96.3 cm³/mol. The topological polar surface area (TPSA) is 89.5 Å². The number of rotatable bonds is 7. The van der Waals surface area contributed by atoms with E-state index in [1.165, 1.54) is 23.9 Å². The molecule has 2 rings (SSSR count). The van der Waals surface area contributed by atoms with Crippen molar-refractivity contribution in [1.29, 1.82) is 0 Å². The minimum absolute atomic E-state index is 0.00862. The van der Waals surface area contributed by atoms with E-state index in [1.54, 1.807) is 12.1 Å². The van der Waals surface area contributed by atoms with Crippen molar-refractivity contribution in [3.63, 3.8) is 0 Å². The largest absolute Gasteiger partial charge is 0.455 e. The number of benzene rings is 2. The smallest absolute Gasteiger partial charge is 0.316 e. The zero-order chi connectivity index (χ0) is 18.3. The van der Waals surface area contributed by atoms with Crippen molar-refractivity contribution in [2.75, 3.05) is 23.9 Å². The number of hydrogen-bond donors (Lipinski definition) is 1. The molecule has 1 N–H and O–H groups in total. The van der Waals surface area contributed by atoms with Crippen LogP contribution >= 0.6 is 11.8 Å². The second-order valence-electron chi connectivity index (χ2n) is 5.08. The van der Waals surface area contributed by atoms with E-state index in [2.05, 4.69) is 5.32 Å². The molecule has 0 atom stereocenters. The predicted octanol–water partition coefficient (Wildman–Crippen LogP) is 2.36. The maximum atomic E-state index is 11.9. The molecule has 0 radical (unpaired) electrons. The maximum absolute atomic E-state index is 11.9. The van der Waals surface area contributed by atoms with Crippen LogP contribution < -0.4 is 5.32 Å². The van der Waals surface area contributed by atoms with Crippen molar-refractivity contribution in [3.05, 3.63) is 54.6 Å². The fourth-order valence-corrected chi connectivity index (χ4v) is 3.49. The van der Waals surface area contributed by atoms with Crippen LogP contribution in [0.2, 0.25) is 0 Å². The van der Waals surface area contributed by atoms with Gasteiger partial charge >= 0.3 is 5.97 Å². The number of carbonyl (C=O) groups excluding carboxylic acids is 2. The highest BCUT2D eigenvalue weighted by molar-refractivity contribution is 8.00. The number of ether oxygens (including phenoxy) is 1. The number of carbonyl (C=O) groups is 2. The van der Waals surface area contributed by atoms with E-state index in [9.17, 15) is 18.0 Å². The summed E-state index contributed by atoms with van der Waals surface area (Å²) in [6, 6.07) is 15.4. The molecular weight excluding hydrogens is 362 g/mol. The first-order chi connectivity index (χ1) is 11.9. The summed E-state index contributed by atoms with van der Waals surface area (Å²) in [5.74, 6) is -1.05. The third-order valence-electron chi connectivity index (χ3n) is 3.02. The molecule has 2 aromatic carbocycles. The van der Waals surface area contributed by atoms with Gasteiger partial charge in [-0.15, -0.1) is 11.8 Å². The first-order valence-electron chi connectivity index (χ1n) is 7.28. The summed E-state index contributed by atoms with van der Waals surface area (Å²) in [4.78, 5) is 24.5. The molecule has 0 unspecified atom stereocenters. The molecule has 8 heteroatoms. The number of anilines is 1. The van der Waals surface area contributed by atoms with E-state index in [0.29, 0.717) is 0 Å². The molecule has 1 amide bonds. The average Bonchev–Trinajstić information content (AvgIpc) is 2.58. The first-order valence-corrected chi connectivity index (χ1v) is 10.2. The van der Waals surface area contributed by atoms with Gasteiger partial charge in [0.2, 0.25) is 0 Å². The van der Waals surface area contributed by atoms with Gasteiger partial charge in [-0.2, -0.15) is 0 Å². The Morgan fingerprint density at radius 3 is 2.36 bits per heavy atom. The molecule has 132 valence electrons. The minimum atomic E-state index is -3.48. The lowest BCUT2D eigenvalue weighted by atomic mass is 10.3. The number of para-hydroxylation sites is 1. The van der Waals surface area contributed by atoms with E-state index in [4.69, 9.17) is 4.74 Å². The molecule has 0 aromatic heterocycles. The lowest BCUT2D eigenvalue weighted by Gasteiger charge is -2.10. The van der Waals surface area contributed by atoms with Gasteiger partial charge in [0.25, 0.3) is 5.91 Å². The van der Waals surface area contributed by atoms with Crippen molar-refractivity contribution in [2.24, 2.45) is 0 Å². The van der Waals surface area contributed by atoms with E-state index >= 15 is 0 Å². The van der Waals surface area contributed by atoms with Crippen molar-refractivity contribution in [2.45, 2.75) is 9.79 Å². The summed E-state index contributed by atoms with van der Waals surface area (Å²) < 4.78 is 28.3. The number of amides is 1. The third kappa shape index (κ3) is 6.24. The Balaban J connectivity index is 1.84. The Hall–Kier alpha value is -2.32. The molecule has 0 aliphatic heterocycles. The molecule has 6 nitrogen and oxygen atoms in total. The van der Waals surface area contributed by atoms with E-state index in [1.807, 2.05) is 30.3 Å². The van der Waals surface area contributed by atoms with Gasteiger partial charge in [0.1, 0.15) is 0 Å². The Morgan fingerprint density at radius 1 is 1.04 bits per heavy atom. The Bertz CT molecular complexity index is 850. The Morgan fingerprint density at radius 2 is 1.68 bits per heavy atom. The van der Waals surface area contributed by atoms with Gasteiger partial charge < -0.3 is 10.1 Å². The number of hydrogen-bond acceptors (Lipinski definition) is 6. The highest BCUT2D eigenvalue weighted by atomic mass is 32.2. The van der Waals surface area contributed by atoms with Crippen LogP contribution in [0.4, 0.5) is 5.69 Å². The summed E-state index contributed by atoms with van der Waals surface area (Å²) in [6.07, 6.45) is 1.05. The molecule has 0 saturated heterocycles. The average molecular weight is 379 g/mol. The number of nitrogens with one attached hydrogen (secondary N) is 1. The van der Waals surface area contributed by atoms with Crippen LogP contribution in [0, 0.1) is 0 Å². The van der Waals surface area contributed by atoms with Gasteiger partial charge in [-0.05, 0) is 24.3 Å². The second-order valence-corrected chi connectivity index (χ2v) is 8.11. The molecule has 0 heterocycles. The molecule has 0 bridgehead atoms. The SMILES string of the molecule is CS(=O)(=O)c1ccccc1NC(=O)COC(=O)CSc1ccccc1. The van der Waals surface area contributed by atoms with Crippen LogP contribution in [-0.4, -0.2) is 38.9 Å². The lowest BCUT2D eigenvalue weighted by molar-refractivity contribution is -0.144. The van der Waals surface area contributed by atoms with Gasteiger partial charge in [-0.1, -0.05) is 30.3 Å². The molecule has 0 spiro atoms. The van der Waals surface area contributed by atoms with E-state index in [0.717, 1.165) is 11.2 Å². The van der Waals surface area contributed by atoms with Crippen LogP contribution in [0.5, 0.6) is 0 Å². The molecule has 0 fully saturated rings. The monoisotopic (exact) mass is 379 g/mol. The van der Waals surface area contributed by atoms with Crippen LogP contribution in [0.15, 0.2) is 64.4 Å². The van der Waals surface area contributed by atoms with Crippen LogP contribution in [0.1, 0.15) is 0 Å². The summed E-state index contributed by atoms with van der Waals surface area (Å²) >= 11 is 1.30. The van der Waals surface area contributed by atoms with Crippen molar-refractivity contribution in [3.8, 4) is 0 Å². The van der Waals surface area contributed by atoms with Crippen LogP contribution in [-0.2, 0) is 24.2 Å². The van der Waals surface area contributed by atoms with Crippen LogP contribution in [0.25, 0.3) is 0 Å². The Kier molecular flexibility index (Phi) is 6.60. The van der Waals surface area contributed by atoms with Gasteiger partial charge in [0.05, 0.1) is 16.3 Å². The molecule has 0 aliphatic rings. The van der Waals surface area contributed by atoms with Crippen molar-refractivity contribution in [1.82, 2.24) is 0 Å². The van der Waals surface area contributed by atoms with E-state index in [-0.39, 0.29) is 16.3 Å². The van der Waals surface area contributed by atoms with Gasteiger partial charge in [-0.3, -0.25) is 9.59 Å². The van der Waals surface area contributed by atoms with Gasteiger partial charge in [0, 0.05) is 11.2 Å². The van der Waals surface area contributed by atoms with Crippen molar-refractivity contribution >= 4 is 39.2 Å². The van der Waals surface area contributed by atoms with Crippen LogP contribution in [0.3, 0.4) is 0 Å². The number of thioether (sulfide) groups is 1. The third-order valence-corrected chi connectivity index (χ3v) is 5.17. The molecule has 2 aromatic rings. The molecule has 25 heavy (non-hydrogen) atoms. The highest BCUT2D eigenvalue weighted by Gasteiger charge is 2.15. The summed E-state index contributed by atoms with van der Waals surface area (Å²) in [5.41, 5.74) is 0.157. The lowest BCUT2D eigenvalue weighted by Crippen LogP contribution is -2.22. The number of sulfone groups is 1. The minimum Gasteiger partial charge on any atom is -0.455 e. The highest BCUT2D eigenvalue weighted by Crippen LogP contribution is 2.20. The first kappa shape index (κ1) is 19.0. The van der Waals surface area contributed by atoms with Gasteiger partial charge in [0.15, 0.2) is 16.4 Å². The second kappa shape index (κ2) is 8.68. The molecular formula is C17H17NO5S2. The summed E-state index contributed by atoms with van der Waals surface area (Å²) in [5, 5.41) is 2.44. The fourth-order valence-electron chi connectivity index (χ4n) is 1.93. The Labute approximate surface area is 150 Å². The summed E-state index contributed by atoms with van der Waals surface area (Å²) in [6.45, 7) is -0.480. The fraction of sp³-hybridized carbons (Fsp3) is 0.176. The quantitative estimate of drug-likeness (QED) is 0.587. The van der Waals surface area contributed by atoms with Crippen molar-refractivity contribution < 1.29 is 22.7 Å². The van der Waals surface area contributed by atoms with E-state index < -0.39 is 28.3 Å². The summed E-state index contributed by atoms with van der Waals surface area (Å²) in [7, 11) is -3.48. The zero-order valence-corrected chi connectivity index (χ0v) is 15.1. The standard InChI is InChI=1S/C17H17NO5S2/c1-25(21,22)15-10-6-5-9-14(15)18-16(19)11-23-17(20)12-24-13-7-3-2-4-8-13/h2-10H,11-12H2,1H3,(H,18,19). The van der Waals surface area contributed by atoms with Gasteiger partial charge in [-0.25, -0.2) is 8.42 Å². The number of esters is 1. The maximum Gasteiger partial charge on any atom is 0.316 e. The molecule has 0 aliphatic carbocycles. The normalized spacial score (nSPS) is 10.9. The zero-order valence-electron chi connectivity index (χ0n) is 13.5.